The lowest BCUT2D eigenvalue weighted by Gasteiger charge is -2.34. The zero-order chi connectivity index (χ0) is 28.3. The van der Waals surface area contributed by atoms with E-state index in [4.69, 9.17) is 14.2 Å². The highest BCUT2D eigenvalue weighted by atomic mass is 16.6. The van der Waals surface area contributed by atoms with E-state index in [1.54, 1.807) is 33.8 Å². The van der Waals surface area contributed by atoms with Crippen LogP contribution in [-0.2, 0) is 30.3 Å². The van der Waals surface area contributed by atoms with Crippen LogP contribution < -0.4 is 14.8 Å². The number of ether oxygens (including phenoxy) is 3. The van der Waals surface area contributed by atoms with Crippen LogP contribution in [0.4, 0.5) is 0 Å². The Morgan fingerprint density at radius 1 is 0.784 bits per heavy atom. The van der Waals surface area contributed by atoms with E-state index in [1.165, 1.54) is 12.1 Å². The molecule has 9 nitrogen and oxygen atoms in total. The van der Waals surface area contributed by atoms with E-state index >= 15 is 0 Å². The number of benzene rings is 1. The monoisotopic (exact) mass is 521 g/mol. The van der Waals surface area contributed by atoms with Gasteiger partial charge < -0.3 is 19.3 Å². The third kappa shape index (κ3) is 9.14. The maximum atomic E-state index is 12.7. The molecule has 0 aromatic heterocycles. The first-order valence-corrected chi connectivity index (χ1v) is 13.1. The van der Waals surface area contributed by atoms with Crippen molar-refractivity contribution in [2.24, 2.45) is 17.8 Å². The molecule has 208 valence electrons. The molecule has 0 saturated carbocycles. The molecule has 4 unspecified atom stereocenters. The number of esters is 3. The van der Waals surface area contributed by atoms with Crippen LogP contribution in [0.5, 0.6) is 11.5 Å². The van der Waals surface area contributed by atoms with Gasteiger partial charge in [-0.15, -0.1) is 0 Å². The van der Waals surface area contributed by atoms with Gasteiger partial charge in [-0.2, -0.15) is 0 Å². The quantitative estimate of drug-likeness (QED) is 0.188. The molecule has 1 aromatic rings. The minimum atomic E-state index is -2.05. The number of carboxylic acids is 1. The summed E-state index contributed by atoms with van der Waals surface area (Å²) in [5, 5.41) is 13.2. The van der Waals surface area contributed by atoms with Crippen molar-refractivity contribution in [3.63, 3.8) is 0 Å². The average Bonchev–Trinajstić information content (AvgIpc) is 2.87. The molecule has 0 heterocycles. The molecular formula is C28H43NO8. The van der Waals surface area contributed by atoms with Crippen LogP contribution in [-0.4, -0.2) is 40.8 Å². The van der Waals surface area contributed by atoms with Crippen LogP contribution in [0.25, 0.3) is 0 Å². The largest absolute Gasteiger partial charge is 0.477 e. The second-order valence-electron chi connectivity index (χ2n) is 9.73. The van der Waals surface area contributed by atoms with Crippen molar-refractivity contribution in [1.82, 2.24) is 5.32 Å². The summed E-state index contributed by atoms with van der Waals surface area (Å²) in [6, 6.07) is 4.19. The normalized spacial score (nSPS) is 16.0. The summed E-state index contributed by atoms with van der Waals surface area (Å²) >= 11 is 0. The van der Waals surface area contributed by atoms with E-state index in [0.29, 0.717) is 31.2 Å². The van der Waals surface area contributed by atoms with Gasteiger partial charge in [0.2, 0.25) is 0 Å². The van der Waals surface area contributed by atoms with E-state index in [1.807, 2.05) is 27.7 Å². The molecule has 0 spiro atoms. The molecule has 1 aromatic carbocycles. The molecule has 0 bridgehead atoms. The van der Waals surface area contributed by atoms with Crippen LogP contribution in [0, 0.1) is 17.8 Å². The third-order valence-electron chi connectivity index (χ3n) is 6.64. The van der Waals surface area contributed by atoms with E-state index < -0.39 is 41.4 Å². The Bertz CT molecular complexity index is 946. The van der Waals surface area contributed by atoms with Gasteiger partial charge in [0.15, 0.2) is 11.5 Å². The molecule has 2 N–H and O–H groups in total. The maximum Gasteiger partial charge on any atom is 0.364 e. The van der Waals surface area contributed by atoms with Crippen molar-refractivity contribution in [2.45, 2.75) is 99.3 Å². The molecule has 1 rings (SSSR count). The lowest BCUT2D eigenvalue weighted by atomic mass is 9.99. The Morgan fingerprint density at radius 2 is 1.27 bits per heavy atom. The predicted molar refractivity (Wildman–Crippen MR) is 139 cm³/mol. The maximum absolute atomic E-state index is 12.7. The highest BCUT2D eigenvalue weighted by Gasteiger charge is 2.44. The number of carbonyl (C=O) groups is 4. The Kier molecular flexibility index (Phi) is 12.8. The number of carboxylic acid groups (broad SMARTS) is 1. The van der Waals surface area contributed by atoms with Gasteiger partial charge in [-0.3, -0.25) is 19.7 Å². The molecule has 0 aliphatic heterocycles. The summed E-state index contributed by atoms with van der Waals surface area (Å²) in [6.07, 6.45) is 1.96. The lowest BCUT2D eigenvalue weighted by molar-refractivity contribution is -0.187. The van der Waals surface area contributed by atoms with Gasteiger partial charge in [-0.25, -0.2) is 4.79 Å². The van der Waals surface area contributed by atoms with Gasteiger partial charge in [0.05, 0.1) is 17.8 Å². The highest BCUT2D eigenvalue weighted by molar-refractivity contribution is 5.83. The van der Waals surface area contributed by atoms with E-state index in [-0.39, 0.29) is 29.9 Å². The van der Waals surface area contributed by atoms with Crippen molar-refractivity contribution >= 4 is 23.9 Å². The fourth-order valence-electron chi connectivity index (χ4n) is 3.10. The number of hydrogen-bond acceptors (Lipinski definition) is 8. The number of nitrogens with one attached hydrogen (secondary N) is 1. The first-order valence-electron chi connectivity index (χ1n) is 13.1. The minimum absolute atomic E-state index is 0.00413. The van der Waals surface area contributed by atoms with Crippen LogP contribution in [0.15, 0.2) is 18.2 Å². The molecule has 0 saturated heterocycles. The molecule has 37 heavy (non-hydrogen) atoms. The van der Waals surface area contributed by atoms with Gasteiger partial charge in [0.25, 0.3) is 5.72 Å². The SMILES string of the molecule is CCC(C)N[C@@](Cc1ccc(OC(=O)C(C)CC)c(OC(=O)C(C)CC)c1)(OC(=O)C(C)CC)C(=O)O. The second kappa shape index (κ2) is 14.7. The molecule has 0 aliphatic rings. The molecular weight excluding hydrogens is 478 g/mol. The standard InChI is InChI=1S/C28H43NO8/c1-9-17(5)24(30)35-22-14-13-21(15-23(22)36-25(31)18(6)10-2)16-28(27(33)34,29-20(8)12-4)37-26(32)19(7)11-3/h13-15,17-20,29H,9-12,16H2,1-8H3,(H,33,34)/t17?,18?,19?,20?,28-/m0/s1. The predicted octanol–water partition coefficient (Wildman–Crippen LogP) is 4.89. The average molecular weight is 522 g/mol. The number of aliphatic carboxylic acids is 1. The van der Waals surface area contributed by atoms with Crippen LogP contribution >= 0.6 is 0 Å². The van der Waals surface area contributed by atoms with Crippen LogP contribution in [0.1, 0.15) is 86.6 Å². The number of rotatable bonds is 15. The molecule has 5 atom stereocenters. The van der Waals surface area contributed by atoms with Crippen molar-refractivity contribution in [1.29, 1.82) is 0 Å². The molecule has 0 aliphatic carbocycles. The van der Waals surface area contributed by atoms with Gasteiger partial charge in [-0.05, 0) is 50.3 Å². The molecule has 0 amide bonds. The van der Waals surface area contributed by atoms with Gasteiger partial charge in [0.1, 0.15) is 0 Å². The number of hydrogen-bond donors (Lipinski definition) is 2. The van der Waals surface area contributed by atoms with Crippen molar-refractivity contribution in [2.75, 3.05) is 0 Å². The van der Waals surface area contributed by atoms with Gasteiger partial charge in [0, 0.05) is 12.5 Å². The minimum Gasteiger partial charge on any atom is -0.477 e. The number of carbonyl (C=O) groups excluding carboxylic acids is 3. The first kappa shape index (κ1) is 32.1. The fourth-order valence-corrected chi connectivity index (χ4v) is 3.10. The zero-order valence-electron chi connectivity index (χ0n) is 23.4. The van der Waals surface area contributed by atoms with Crippen LogP contribution in [0.3, 0.4) is 0 Å². The lowest BCUT2D eigenvalue weighted by Crippen LogP contribution is -2.60. The van der Waals surface area contributed by atoms with E-state index in [0.717, 1.165) is 0 Å². The van der Waals surface area contributed by atoms with E-state index in [2.05, 4.69) is 5.32 Å². The van der Waals surface area contributed by atoms with Gasteiger partial charge in [-0.1, -0.05) is 54.5 Å². The Balaban J connectivity index is 3.53. The van der Waals surface area contributed by atoms with Crippen LogP contribution in [0.2, 0.25) is 0 Å². The Morgan fingerprint density at radius 3 is 1.73 bits per heavy atom. The van der Waals surface area contributed by atoms with E-state index in [9.17, 15) is 24.3 Å². The summed E-state index contributed by atoms with van der Waals surface area (Å²) in [5.41, 5.74) is -1.64. The zero-order valence-corrected chi connectivity index (χ0v) is 23.4. The third-order valence-corrected chi connectivity index (χ3v) is 6.64. The van der Waals surface area contributed by atoms with Crippen molar-refractivity contribution < 1.29 is 38.5 Å². The van der Waals surface area contributed by atoms with Crippen molar-refractivity contribution in [3.8, 4) is 11.5 Å². The Hall–Kier alpha value is -2.94. The summed E-state index contributed by atoms with van der Waals surface area (Å²) in [7, 11) is 0. The summed E-state index contributed by atoms with van der Waals surface area (Å²) < 4.78 is 16.7. The molecule has 0 fully saturated rings. The first-order chi connectivity index (χ1) is 17.3. The molecule has 0 radical (unpaired) electrons. The Labute approximate surface area is 220 Å². The fraction of sp³-hybridized carbons (Fsp3) is 0.643. The van der Waals surface area contributed by atoms with Gasteiger partial charge >= 0.3 is 23.9 Å². The summed E-state index contributed by atoms with van der Waals surface area (Å²) in [4.78, 5) is 50.2. The molecule has 9 heteroatoms. The summed E-state index contributed by atoms with van der Waals surface area (Å²) in [5.74, 6) is -4.18. The smallest absolute Gasteiger partial charge is 0.364 e. The topological polar surface area (TPSA) is 128 Å². The summed E-state index contributed by atoms with van der Waals surface area (Å²) in [6.45, 7) is 14.3. The highest BCUT2D eigenvalue weighted by Crippen LogP contribution is 2.32. The van der Waals surface area contributed by atoms with Crippen molar-refractivity contribution in [3.05, 3.63) is 23.8 Å². The second-order valence-corrected chi connectivity index (χ2v) is 9.73.